The number of aliphatic hydroxyl groups is 2. The van der Waals surface area contributed by atoms with Gasteiger partial charge in [0.1, 0.15) is 4.83 Å². The zero-order chi connectivity index (χ0) is 12.3. The van der Waals surface area contributed by atoms with Crippen molar-refractivity contribution in [2.45, 2.75) is 6.10 Å². The van der Waals surface area contributed by atoms with Crippen molar-refractivity contribution in [3.63, 3.8) is 0 Å². The average Bonchev–Trinajstić information content (AvgIpc) is 2.79. The molecule has 0 saturated heterocycles. The Labute approximate surface area is 102 Å². The van der Waals surface area contributed by atoms with Gasteiger partial charge in [0, 0.05) is 23.5 Å². The Hall–Kier alpha value is -1.50. The highest BCUT2D eigenvalue weighted by Crippen LogP contribution is 2.23. The van der Waals surface area contributed by atoms with Crippen molar-refractivity contribution < 1.29 is 15.0 Å². The van der Waals surface area contributed by atoms with Crippen molar-refractivity contribution in [3.8, 4) is 0 Å². The number of amides is 1. The summed E-state index contributed by atoms with van der Waals surface area (Å²) in [6.45, 7) is -0.334. The second-order valence-electron chi connectivity index (χ2n) is 3.55. The number of hydrogen-bond donors (Lipinski definition) is 3. The molecule has 2 aromatic rings. The van der Waals surface area contributed by atoms with Crippen LogP contribution < -0.4 is 5.32 Å². The van der Waals surface area contributed by atoms with Crippen LogP contribution in [0.25, 0.3) is 10.2 Å². The molecule has 90 valence electrons. The zero-order valence-corrected chi connectivity index (χ0v) is 9.78. The van der Waals surface area contributed by atoms with E-state index in [1.807, 2.05) is 6.07 Å². The minimum Gasteiger partial charge on any atom is -0.394 e. The fraction of sp³-hybridized carbons (Fsp3) is 0.273. The molecule has 0 aliphatic rings. The Bertz CT molecular complexity index is 526. The van der Waals surface area contributed by atoms with Gasteiger partial charge in [0.2, 0.25) is 0 Å². The summed E-state index contributed by atoms with van der Waals surface area (Å²) in [6.07, 6.45) is 0.748. The van der Waals surface area contributed by atoms with Crippen molar-refractivity contribution in [2.75, 3.05) is 13.2 Å². The number of fused-ring (bicyclic) bond motifs is 1. The van der Waals surface area contributed by atoms with Crippen LogP contribution in [-0.2, 0) is 0 Å². The van der Waals surface area contributed by atoms with Gasteiger partial charge in [0.05, 0.1) is 18.3 Å². The van der Waals surface area contributed by atoms with Crippen molar-refractivity contribution >= 4 is 27.5 Å². The number of hydrogen-bond acceptors (Lipinski definition) is 5. The number of rotatable bonds is 4. The smallest absolute Gasteiger partial charge is 0.252 e. The molecule has 1 amide bonds. The van der Waals surface area contributed by atoms with Crippen molar-refractivity contribution in [2.24, 2.45) is 0 Å². The van der Waals surface area contributed by atoms with Gasteiger partial charge in [-0.05, 0) is 12.1 Å². The maximum Gasteiger partial charge on any atom is 0.252 e. The van der Waals surface area contributed by atoms with Gasteiger partial charge in [0.25, 0.3) is 5.91 Å². The second-order valence-corrected chi connectivity index (χ2v) is 4.41. The van der Waals surface area contributed by atoms with Crippen LogP contribution in [0.2, 0.25) is 0 Å². The molecule has 0 aliphatic carbocycles. The summed E-state index contributed by atoms with van der Waals surface area (Å²) in [7, 11) is 0. The molecule has 2 aromatic heterocycles. The number of thiophene rings is 1. The van der Waals surface area contributed by atoms with E-state index in [0.717, 1.165) is 10.2 Å². The van der Waals surface area contributed by atoms with E-state index >= 15 is 0 Å². The Morgan fingerprint density at radius 1 is 1.59 bits per heavy atom. The van der Waals surface area contributed by atoms with Gasteiger partial charge in [-0.15, -0.1) is 11.3 Å². The summed E-state index contributed by atoms with van der Waals surface area (Å²) in [5.74, 6) is -0.267. The van der Waals surface area contributed by atoms with E-state index < -0.39 is 6.10 Å². The summed E-state index contributed by atoms with van der Waals surface area (Å²) in [6, 6.07) is 3.60. The minimum absolute atomic E-state index is 0.0347. The molecule has 17 heavy (non-hydrogen) atoms. The minimum atomic E-state index is -0.929. The van der Waals surface area contributed by atoms with Crippen LogP contribution in [-0.4, -0.2) is 40.4 Å². The lowest BCUT2D eigenvalue weighted by atomic mass is 10.2. The third-order valence-corrected chi connectivity index (χ3v) is 3.21. The van der Waals surface area contributed by atoms with Gasteiger partial charge < -0.3 is 15.5 Å². The van der Waals surface area contributed by atoms with Crippen LogP contribution in [0.4, 0.5) is 0 Å². The maximum atomic E-state index is 11.8. The third kappa shape index (κ3) is 2.60. The lowest BCUT2D eigenvalue weighted by Gasteiger charge is -2.08. The second kappa shape index (κ2) is 5.22. The highest BCUT2D eigenvalue weighted by atomic mass is 32.1. The molecule has 5 nitrogen and oxygen atoms in total. The number of aromatic nitrogens is 1. The predicted octanol–water partition coefficient (Wildman–Crippen LogP) is 0.379. The molecule has 3 N–H and O–H groups in total. The number of carbonyl (C=O) groups excluding carboxylic acids is 1. The number of nitrogens with one attached hydrogen (secondary N) is 1. The van der Waals surface area contributed by atoms with E-state index in [4.69, 9.17) is 10.2 Å². The number of aliphatic hydroxyl groups excluding tert-OH is 2. The summed E-state index contributed by atoms with van der Waals surface area (Å²) >= 11 is 1.40. The van der Waals surface area contributed by atoms with Crippen LogP contribution in [0.3, 0.4) is 0 Å². The van der Waals surface area contributed by atoms with Crippen molar-refractivity contribution in [3.05, 3.63) is 29.3 Å². The number of pyridine rings is 1. The molecular formula is C11H12N2O3S. The highest BCUT2D eigenvalue weighted by Gasteiger charge is 2.13. The molecule has 0 bridgehead atoms. The third-order valence-electron chi connectivity index (χ3n) is 2.30. The van der Waals surface area contributed by atoms with Crippen molar-refractivity contribution in [1.29, 1.82) is 0 Å². The lowest BCUT2D eigenvalue weighted by molar-refractivity contribution is 0.0803. The van der Waals surface area contributed by atoms with Gasteiger partial charge in [-0.25, -0.2) is 4.98 Å². The average molecular weight is 252 g/mol. The first-order valence-electron chi connectivity index (χ1n) is 5.11. The molecule has 0 radical (unpaired) electrons. The maximum absolute atomic E-state index is 11.8. The van der Waals surface area contributed by atoms with Gasteiger partial charge in [-0.3, -0.25) is 4.79 Å². The molecular weight excluding hydrogens is 240 g/mol. The topological polar surface area (TPSA) is 82.5 Å². The normalized spacial score (nSPS) is 12.6. The van der Waals surface area contributed by atoms with Crippen LogP contribution in [0, 0.1) is 0 Å². The first-order valence-corrected chi connectivity index (χ1v) is 5.99. The molecule has 0 fully saturated rings. The number of nitrogens with zero attached hydrogens (tertiary/aromatic N) is 1. The van der Waals surface area contributed by atoms with E-state index in [-0.39, 0.29) is 19.1 Å². The van der Waals surface area contributed by atoms with Crippen LogP contribution in [0.1, 0.15) is 10.4 Å². The van der Waals surface area contributed by atoms with Gasteiger partial charge >= 0.3 is 0 Å². The molecule has 0 aliphatic heterocycles. The number of carbonyl (C=O) groups is 1. The Balaban J connectivity index is 2.14. The summed E-state index contributed by atoms with van der Waals surface area (Å²) in [5.41, 5.74) is 0.545. The van der Waals surface area contributed by atoms with Crippen LogP contribution in [0.15, 0.2) is 23.7 Å². The summed E-state index contributed by atoms with van der Waals surface area (Å²) < 4.78 is 0. The molecule has 0 saturated carbocycles. The predicted molar refractivity (Wildman–Crippen MR) is 65.0 cm³/mol. The molecule has 1 unspecified atom stereocenters. The Morgan fingerprint density at radius 3 is 3.18 bits per heavy atom. The largest absolute Gasteiger partial charge is 0.394 e. The SMILES string of the molecule is O=C(NCC(O)CO)c1csc2ncccc12. The molecule has 2 rings (SSSR count). The van der Waals surface area contributed by atoms with Gasteiger partial charge in [-0.1, -0.05) is 0 Å². The highest BCUT2D eigenvalue weighted by molar-refractivity contribution is 7.17. The summed E-state index contributed by atoms with van der Waals surface area (Å²) in [4.78, 5) is 16.8. The first kappa shape index (κ1) is 12.0. The lowest BCUT2D eigenvalue weighted by Crippen LogP contribution is -2.33. The van der Waals surface area contributed by atoms with Crippen LogP contribution >= 0.6 is 11.3 Å². The van der Waals surface area contributed by atoms with Gasteiger partial charge in [-0.2, -0.15) is 0 Å². The first-order chi connectivity index (χ1) is 8.22. The monoisotopic (exact) mass is 252 g/mol. The van der Waals surface area contributed by atoms with E-state index in [2.05, 4.69) is 10.3 Å². The van der Waals surface area contributed by atoms with Gasteiger partial charge in [0.15, 0.2) is 0 Å². The Morgan fingerprint density at radius 2 is 2.41 bits per heavy atom. The molecule has 1 atom stereocenters. The Kier molecular flexibility index (Phi) is 3.68. The van der Waals surface area contributed by atoms with Crippen molar-refractivity contribution in [1.82, 2.24) is 10.3 Å². The van der Waals surface area contributed by atoms with E-state index in [9.17, 15) is 4.79 Å². The van der Waals surface area contributed by atoms with E-state index in [1.54, 1.807) is 17.6 Å². The fourth-order valence-corrected chi connectivity index (χ4v) is 2.30. The van der Waals surface area contributed by atoms with E-state index in [1.165, 1.54) is 11.3 Å². The zero-order valence-electron chi connectivity index (χ0n) is 8.96. The molecule has 2 heterocycles. The standard InChI is InChI=1S/C11H12N2O3S/c14-5-7(15)4-13-10(16)9-6-17-11-8(9)2-1-3-12-11/h1-3,6-7,14-15H,4-5H2,(H,13,16). The molecule has 0 aromatic carbocycles. The van der Waals surface area contributed by atoms with E-state index in [0.29, 0.717) is 5.56 Å². The quantitative estimate of drug-likeness (QED) is 0.734. The van der Waals surface area contributed by atoms with Crippen LogP contribution in [0.5, 0.6) is 0 Å². The molecule has 0 spiro atoms. The molecule has 6 heteroatoms. The summed E-state index contributed by atoms with van der Waals surface area (Å²) in [5, 5.41) is 22.9. The fourth-order valence-electron chi connectivity index (χ4n) is 1.41.